The second-order valence-corrected chi connectivity index (χ2v) is 4.81. The molecule has 1 heterocycles. The van der Waals surface area contributed by atoms with Crippen molar-refractivity contribution < 1.29 is 14.3 Å². The molecule has 0 aliphatic carbocycles. The first-order valence-electron chi connectivity index (χ1n) is 6.68. The van der Waals surface area contributed by atoms with Crippen molar-refractivity contribution >= 4 is 5.91 Å². The fourth-order valence-electron chi connectivity index (χ4n) is 2.09. The lowest BCUT2D eigenvalue weighted by Gasteiger charge is -2.13. The Morgan fingerprint density at radius 1 is 1.35 bits per heavy atom. The zero-order valence-corrected chi connectivity index (χ0v) is 11.5. The molecule has 4 nitrogen and oxygen atoms in total. The normalized spacial score (nSPS) is 12.1. The lowest BCUT2D eigenvalue weighted by Crippen LogP contribution is -2.30. The predicted octanol–water partition coefficient (Wildman–Crippen LogP) is 2.37. The Kier molecular flexibility index (Phi) is 4.96. The number of carbonyl (C=O) groups is 1. The van der Waals surface area contributed by atoms with Crippen LogP contribution in [0.15, 0.2) is 47.1 Å². The van der Waals surface area contributed by atoms with Crippen molar-refractivity contribution in [1.82, 2.24) is 5.32 Å². The monoisotopic (exact) mass is 273 g/mol. The fourth-order valence-corrected chi connectivity index (χ4v) is 2.09. The molecule has 20 heavy (non-hydrogen) atoms. The Hall–Kier alpha value is -2.07. The lowest BCUT2D eigenvalue weighted by molar-refractivity contribution is -0.122. The van der Waals surface area contributed by atoms with Gasteiger partial charge in [-0.3, -0.25) is 4.79 Å². The van der Waals surface area contributed by atoms with Crippen molar-refractivity contribution in [2.24, 2.45) is 0 Å². The number of amides is 1. The molecule has 4 heteroatoms. The third-order valence-corrected chi connectivity index (χ3v) is 3.13. The molecular weight excluding hydrogens is 254 g/mol. The maximum atomic E-state index is 11.9. The van der Waals surface area contributed by atoms with E-state index >= 15 is 0 Å². The molecular formula is C16H19NO3. The SMILES string of the molecule is Cc1cccc(CCC(=O)NC(CO)c2ccco2)c1. The lowest BCUT2D eigenvalue weighted by atomic mass is 10.1. The van der Waals surface area contributed by atoms with E-state index in [1.165, 1.54) is 11.8 Å². The minimum absolute atomic E-state index is 0.0954. The van der Waals surface area contributed by atoms with Crippen LogP contribution in [-0.2, 0) is 11.2 Å². The van der Waals surface area contributed by atoms with Crippen molar-refractivity contribution in [3.05, 3.63) is 59.5 Å². The van der Waals surface area contributed by atoms with Gasteiger partial charge < -0.3 is 14.8 Å². The zero-order valence-electron chi connectivity index (χ0n) is 11.5. The molecule has 0 aliphatic heterocycles. The zero-order chi connectivity index (χ0) is 14.4. The summed E-state index contributed by atoms with van der Waals surface area (Å²) in [5.41, 5.74) is 2.32. The number of carbonyl (C=O) groups excluding carboxylic acids is 1. The number of furan rings is 1. The Balaban J connectivity index is 1.86. The highest BCUT2D eigenvalue weighted by molar-refractivity contribution is 5.76. The van der Waals surface area contributed by atoms with E-state index in [0.29, 0.717) is 18.6 Å². The van der Waals surface area contributed by atoms with Crippen LogP contribution in [0.3, 0.4) is 0 Å². The van der Waals surface area contributed by atoms with Gasteiger partial charge >= 0.3 is 0 Å². The van der Waals surface area contributed by atoms with Gasteiger partial charge in [-0.05, 0) is 31.0 Å². The van der Waals surface area contributed by atoms with E-state index in [9.17, 15) is 9.90 Å². The van der Waals surface area contributed by atoms with Crippen LogP contribution in [-0.4, -0.2) is 17.6 Å². The van der Waals surface area contributed by atoms with Gasteiger partial charge in [-0.1, -0.05) is 29.8 Å². The summed E-state index contributed by atoms with van der Waals surface area (Å²) < 4.78 is 5.19. The first-order chi connectivity index (χ1) is 9.69. The molecule has 0 spiro atoms. The van der Waals surface area contributed by atoms with Crippen LogP contribution in [0.25, 0.3) is 0 Å². The summed E-state index contributed by atoms with van der Waals surface area (Å²) in [5.74, 6) is 0.471. The van der Waals surface area contributed by atoms with Crippen LogP contribution in [0.2, 0.25) is 0 Å². The topological polar surface area (TPSA) is 62.5 Å². The van der Waals surface area contributed by atoms with Crippen LogP contribution in [0.4, 0.5) is 0 Å². The molecule has 0 radical (unpaired) electrons. The molecule has 2 N–H and O–H groups in total. The molecule has 0 saturated heterocycles. The molecule has 1 aromatic carbocycles. The molecule has 1 amide bonds. The standard InChI is InChI=1S/C16H19NO3/c1-12-4-2-5-13(10-12)7-8-16(19)17-14(11-18)15-6-3-9-20-15/h2-6,9-10,14,18H,7-8,11H2,1H3,(H,17,19). The molecule has 0 saturated carbocycles. The van der Waals surface area contributed by atoms with Gasteiger partial charge in [0.25, 0.3) is 0 Å². The second-order valence-electron chi connectivity index (χ2n) is 4.81. The molecule has 0 bridgehead atoms. The third-order valence-electron chi connectivity index (χ3n) is 3.13. The molecule has 0 aliphatic rings. The average Bonchev–Trinajstić information content (AvgIpc) is 2.96. The Morgan fingerprint density at radius 2 is 2.20 bits per heavy atom. The summed E-state index contributed by atoms with van der Waals surface area (Å²) in [6, 6.07) is 11.1. The van der Waals surface area contributed by atoms with Crippen LogP contribution >= 0.6 is 0 Å². The number of hydrogen-bond donors (Lipinski definition) is 2. The van der Waals surface area contributed by atoms with E-state index in [2.05, 4.69) is 11.4 Å². The molecule has 0 fully saturated rings. The van der Waals surface area contributed by atoms with Crippen LogP contribution < -0.4 is 5.32 Å². The largest absolute Gasteiger partial charge is 0.467 e. The van der Waals surface area contributed by atoms with Crippen LogP contribution in [0, 0.1) is 6.92 Å². The summed E-state index contributed by atoms with van der Waals surface area (Å²) in [6.07, 6.45) is 2.60. The Labute approximate surface area is 118 Å². The van der Waals surface area contributed by atoms with E-state index in [0.717, 1.165) is 5.56 Å². The van der Waals surface area contributed by atoms with Gasteiger partial charge in [0.1, 0.15) is 11.8 Å². The summed E-state index contributed by atoms with van der Waals surface area (Å²) in [4.78, 5) is 11.9. The van der Waals surface area contributed by atoms with Crippen LogP contribution in [0.1, 0.15) is 29.3 Å². The van der Waals surface area contributed by atoms with Crippen molar-refractivity contribution in [2.45, 2.75) is 25.8 Å². The first-order valence-corrected chi connectivity index (χ1v) is 6.68. The van der Waals surface area contributed by atoms with Gasteiger partial charge in [-0.2, -0.15) is 0 Å². The van der Waals surface area contributed by atoms with Gasteiger partial charge in [-0.25, -0.2) is 0 Å². The maximum absolute atomic E-state index is 11.9. The van der Waals surface area contributed by atoms with E-state index < -0.39 is 6.04 Å². The molecule has 106 valence electrons. The quantitative estimate of drug-likeness (QED) is 0.849. The third kappa shape index (κ3) is 3.96. The summed E-state index contributed by atoms with van der Waals surface area (Å²) >= 11 is 0. The van der Waals surface area contributed by atoms with Crippen molar-refractivity contribution in [3.8, 4) is 0 Å². The first kappa shape index (κ1) is 14.3. The molecule has 2 aromatic rings. The van der Waals surface area contributed by atoms with Gasteiger partial charge in [0.15, 0.2) is 0 Å². The fraction of sp³-hybridized carbons (Fsp3) is 0.312. The highest BCUT2D eigenvalue weighted by atomic mass is 16.3. The Morgan fingerprint density at radius 3 is 2.85 bits per heavy atom. The second kappa shape index (κ2) is 6.91. The maximum Gasteiger partial charge on any atom is 0.220 e. The molecule has 1 aromatic heterocycles. The predicted molar refractivity (Wildman–Crippen MR) is 76.2 cm³/mol. The highest BCUT2D eigenvalue weighted by Gasteiger charge is 2.15. The minimum atomic E-state index is -0.477. The molecule has 1 atom stereocenters. The molecule has 2 rings (SSSR count). The number of aliphatic hydroxyl groups is 1. The smallest absolute Gasteiger partial charge is 0.220 e. The Bertz CT molecular complexity index is 549. The highest BCUT2D eigenvalue weighted by Crippen LogP contribution is 2.13. The number of aryl methyl sites for hydroxylation is 2. The van der Waals surface area contributed by atoms with Crippen molar-refractivity contribution in [3.63, 3.8) is 0 Å². The number of nitrogens with one attached hydrogen (secondary N) is 1. The van der Waals surface area contributed by atoms with E-state index in [4.69, 9.17) is 4.42 Å². The number of rotatable bonds is 6. The van der Waals surface area contributed by atoms with Crippen LogP contribution in [0.5, 0.6) is 0 Å². The van der Waals surface area contributed by atoms with E-state index in [1.54, 1.807) is 12.1 Å². The van der Waals surface area contributed by atoms with E-state index in [-0.39, 0.29) is 12.5 Å². The van der Waals surface area contributed by atoms with Crippen molar-refractivity contribution in [1.29, 1.82) is 0 Å². The molecule has 1 unspecified atom stereocenters. The summed E-state index contributed by atoms with van der Waals surface area (Å²) in [6.45, 7) is 1.85. The summed E-state index contributed by atoms with van der Waals surface area (Å²) in [5, 5.41) is 12.1. The van der Waals surface area contributed by atoms with Gasteiger partial charge in [0.2, 0.25) is 5.91 Å². The number of aliphatic hydroxyl groups excluding tert-OH is 1. The minimum Gasteiger partial charge on any atom is -0.467 e. The van der Waals surface area contributed by atoms with Crippen molar-refractivity contribution in [2.75, 3.05) is 6.61 Å². The van der Waals surface area contributed by atoms with Gasteiger partial charge in [0.05, 0.1) is 12.9 Å². The number of benzene rings is 1. The average molecular weight is 273 g/mol. The van der Waals surface area contributed by atoms with E-state index in [1.807, 2.05) is 25.1 Å². The van der Waals surface area contributed by atoms with Gasteiger partial charge in [0, 0.05) is 6.42 Å². The summed E-state index contributed by atoms with van der Waals surface area (Å²) in [7, 11) is 0. The number of hydrogen-bond acceptors (Lipinski definition) is 3. The van der Waals surface area contributed by atoms with Gasteiger partial charge in [-0.15, -0.1) is 0 Å².